The number of nitrogens with two attached hydrogens (primary N) is 1. The number of fused-ring (bicyclic) bond motifs is 1. The fourth-order valence-electron chi connectivity index (χ4n) is 3.48. The molecule has 2 fully saturated rings. The quantitative estimate of drug-likeness (QED) is 0.699. The monoisotopic (exact) mass is 296 g/mol. The van der Waals surface area contributed by atoms with E-state index in [0.717, 1.165) is 19.5 Å². The van der Waals surface area contributed by atoms with Crippen LogP contribution in [0.4, 0.5) is 4.79 Å². The molecule has 21 heavy (non-hydrogen) atoms. The van der Waals surface area contributed by atoms with Gasteiger partial charge in [-0.3, -0.25) is 15.0 Å². The van der Waals surface area contributed by atoms with Crippen molar-refractivity contribution in [3.8, 4) is 0 Å². The lowest BCUT2D eigenvalue weighted by Gasteiger charge is -2.29. The Balaban J connectivity index is 1.77. The van der Waals surface area contributed by atoms with Crippen LogP contribution in [0.25, 0.3) is 0 Å². The molecule has 1 saturated heterocycles. The van der Waals surface area contributed by atoms with E-state index in [9.17, 15) is 9.59 Å². The molecule has 3 unspecified atom stereocenters. The third kappa shape index (κ3) is 4.68. The standard InChI is InChI=1S/C15H28N4O2/c1-15(2,3)18-14(21)17-13(20)9-19-7-10-5-4-6-12(16)11(10)8-19/h10-12H,4-9,16H2,1-3H3,(H2,17,18,20,21). The van der Waals surface area contributed by atoms with Crippen molar-refractivity contribution in [1.82, 2.24) is 15.5 Å². The minimum atomic E-state index is -0.430. The molecule has 1 heterocycles. The Morgan fingerprint density at radius 2 is 1.95 bits per heavy atom. The van der Waals surface area contributed by atoms with E-state index in [0.29, 0.717) is 11.8 Å². The van der Waals surface area contributed by atoms with Crippen molar-refractivity contribution in [2.45, 2.75) is 51.6 Å². The first-order valence-electron chi connectivity index (χ1n) is 7.84. The minimum Gasteiger partial charge on any atom is -0.333 e. The van der Waals surface area contributed by atoms with E-state index in [-0.39, 0.29) is 24.0 Å². The zero-order valence-corrected chi connectivity index (χ0v) is 13.3. The van der Waals surface area contributed by atoms with Gasteiger partial charge in [0.1, 0.15) is 0 Å². The normalized spacial score (nSPS) is 29.8. The number of nitrogens with one attached hydrogen (secondary N) is 2. The van der Waals surface area contributed by atoms with Crippen LogP contribution in [-0.4, -0.2) is 48.1 Å². The molecule has 0 bridgehead atoms. The van der Waals surface area contributed by atoms with Crippen molar-refractivity contribution in [1.29, 1.82) is 0 Å². The van der Waals surface area contributed by atoms with Crippen LogP contribution in [0.2, 0.25) is 0 Å². The summed E-state index contributed by atoms with van der Waals surface area (Å²) in [5, 5.41) is 5.12. The van der Waals surface area contributed by atoms with E-state index in [1.165, 1.54) is 12.8 Å². The van der Waals surface area contributed by atoms with Gasteiger partial charge >= 0.3 is 6.03 Å². The summed E-state index contributed by atoms with van der Waals surface area (Å²) in [6.07, 6.45) is 3.49. The van der Waals surface area contributed by atoms with Crippen molar-refractivity contribution in [2.24, 2.45) is 17.6 Å². The number of hydrogen-bond acceptors (Lipinski definition) is 4. The predicted molar refractivity (Wildman–Crippen MR) is 81.7 cm³/mol. The van der Waals surface area contributed by atoms with Gasteiger partial charge in [-0.15, -0.1) is 0 Å². The van der Waals surface area contributed by atoms with Crippen LogP contribution in [0.5, 0.6) is 0 Å². The molecule has 3 amide bonds. The second-order valence-electron chi connectivity index (χ2n) is 7.47. The number of likely N-dealkylation sites (tertiary alicyclic amines) is 1. The van der Waals surface area contributed by atoms with Crippen LogP contribution in [0.1, 0.15) is 40.0 Å². The lowest BCUT2D eigenvalue weighted by atomic mass is 9.78. The number of carbonyl (C=O) groups is 2. The molecule has 0 aromatic carbocycles. The van der Waals surface area contributed by atoms with Crippen LogP contribution in [-0.2, 0) is 4.79 Å². The molecule has 6 nitrogen and oxygen atoms in total. The maximum atomic E-state index is 11.9. The Bertz CT molecular complexity index is 405. The molecule has 120 valence electrons. The van der Waals surface area contributed by atoms with Crippen molar-refractivity contribution in [2.75, 3.05) is 19.6 Å². The lowest BCUT2D eigenvalue weighted by molar-refractivity contribution is -0.121. The fraction of sp³-hybridized carbons (Fsp3) is 0.867. The average molecular weight is 296 g/mol. The number of urea groups is 1. The summed E-state index contributed by atoms with van der Waals surface area (Å²) in [6.45, 7) is 7.71. The molecular formula is C15H28N4O2. The van der Waals surface area contributed by atoms with Crippen LogP contribution in [0, 0.1) is 11.8 Å². The first-order chi connectivity index (χ1) is 9.74. The zero-order chi connectivity index (χ0) is 15.6. The van der Waals surface area contributed by atoms with Gasteiger partial charge in [-0.05, 0) is 45.4 Å². The first kappa shape index (κ1) is 16.2. The molecule has 1 aliphatic heterocycles. The molecule has 1 saturated carbocycles. The summed E-state index contributed by atoms with van der Waals surface area (Å²) >= 11 is 0. The third-order valence-electron chi connectivity index (χ3n) is 4.34. The molecular weight excluding hydrogens is 268 g/mol. The van der Waals surface area contributed by atoms with Gasteiger partial charge in [0.25, 0.3) is 0 Å². The van der Waals surface area contributed by atoms with Gasteiger partial charge < -0.3 is 11.1 Å². The van der Waals surface area contributed by atoms with Crippen LogP contribution in [0.15, 0.2) is 0 Å². The molecule has 2 aliphatic rings. The van der Waals surface area contributed by atoms with E-state index in [4.69, 9.17) is 5.73 Å². The lowest BCUT2D eigenvalue weighted by Crippen LogP contribution is -2.50. The maximum absolute atomic E-state index is 11.9. The maximum Gasteiger partial charge on any atom is 0.321 e. The summed E-state index contributed by atoms with van der Waals surface area (Å²) < 4.78 is 0. The van der Waals surface area contributed by atoms with Crippen LogP contribution in [0.3, 0.4) is 0 Å². The van der Waals surface area contributed by atoms with Crippen molar-refractivity contribution in [3.63, 3.8) is 0 Å². The molecule has 0 spiro atoms. The zero-order valence-electron chi connectivity index (χ0n) is 13.3. The second kappa shape index (κ2) is 6.32. The summed E-state index contributed by atoms with van der Waals surface area (Å²) in [4.78, 5) is 25.7. The number of hydrogen-bond donors (Lipinski definition) is 3. The highest BCUT2D eigenvalue weighted by Gasteiger charge is 2.39. The third-order valence-corrected chi connectivity index (χ3v) is 4.34. The SMILES string of the molecule is CC(C)(C)NC(=O)NC(=O)CN1CC2CCCC(N)C2C1. The Morgan fingerprint density at radius 3 is 2.57 bits per heavy atom. The first-order valence-corrected chi connectivity index (χ1v) is 7.84. The molecule has 0 aromatic heterocycles. The molecule has 0 radical (unpaired) electrons. The van der Waals surface area contributed by atoms with E-state index in [1.54, 1.807) is 0 Å². The molecule has 0 aromatic rings. The van der Waals surface area contributed by atoms with Crippen molar-refractivity contribution < 1.29 is 9.59 Å². The summed E-state index contributed by atoms with van der Waals surface area (Å²) in [5.74, 6) is 0.879. The highest BCUT2D eigenvalue weighted by molar-refractivity contribution is 5.95. The van der Waals surface area contributed by atoms with Crippen molar-refractivity contribution in [3.05, 3.63) is 0 Å². The minimum absolute atomic E-state index is 0.246. The molecule has 3 atom stereocenters. The van der Waals surface area contributed by atoms with Gasteiger partial charge in [0, 0.05) is 24.7 Å². The smallest absolute Gasteiger partial charge is 0.321 e. The van der Waals surface area contributed by atoms with E-state index in [2.05, 4.69) is 15.5 Å². The van der Waals surface area contributed by atoms with Gasteiger partial charge in [0.15, 0.2) is 0 Å². The number of nitrogens with zero attached hydrogens (tertiary/aromatic N) is 1. The summed E-state index contributed by atoms with van der Waals surface area (Å²) in [7, 11) is 0. The summed E-state index contributed by atoms with van der Waals surface area (Å²) in [6, 6.07) is -0.165. The van der Waals surface area contributed by atoms with E-state index in [1.807, 2.05) is 20.8 Å². The van der Waals surface area contributed by atoms with Gasteiger partial charge in [-0.25, -0.2) is 4.79 Å². The highest BCUT2D eigenvalue weighted by atomic mass is 16.2. The molecule has 4 N–H and O–H groups in total. The number of imide groups is 1. The Hall–Kier alpha value is -1.14. The topological polar surface area (TPSA) is 87.5 Å². The Morgan fingerprint density at radius 1 is 1.24 bits per heavy atom. The fourth-order valence-corrected chi connectivity index (χ4v) is 3.48. The number of carbonyl (C=O) groups excluding carboxylic acids is 2. The number of amides is 3. The summed E-state index contributed by atoms with van der Waals surface area (Å²) in [5.41, 5.74) is 5.82. The second-order valence-corrected chi connectivity index (χ2v) is 7.47. The highest BCUT2D eigenvalue weighted by Crippen LogP contribution is 2.35. The predicted octanol–water partition coefficient (Wildman–Crippen LogP) is 0.670. The van der Waals surface area contributed by atoms with E-state index < -0.39 is 6.03 Å². The van der Waals surface area contributed by atoms with Gasteiger partial charge in [-0.2, -0.15) is 0 Å². The Kier molecular flexibility index (Phi) is 4.88. The molecule has 1 aliphatic carbocycles. The average Bonchev–Trinajstić information content (AvgIpc) is 2.69. The van der Waals surface area contributed by atoms with Crippen molar-refractivity contribution >= 4 is 11.9 Å². The molecule has 2 rings (SSSR count). The Labute approximate surface area is 126 Å². The van der Waals surface area contributed by atoms with Gasteiger partial charge in [0.05, 0.1) is 6.54 Å². The van der Waals surface area contributed by atoms with Crippen LogP contribution < -0.4 is 16.4 Å². The molecule has 6 heteroatoms. The van der Waals surface area contributed by atoms with Gasteiger partial charge in [0.2, 0.25) is 5.91 Å². The van der Waals surface area contributed by atoms with Crippen LogP contribution >= 0.6 is 0 Å². The number of rotatable bonds is 2. The largest absolute Gasteiger partial charge is 0.333 e. The van der Waals surface area contributed by atoms with Gasteiger partial charge in [-0.1, -0.05) is 6.42 Å². The van der Waals surface area contributed by atoms with E-state index >= 15 is 0 Å².